The van der Waals surface area contributed by atoms with E-state index < -0.39 is 9.84 Å². The van der Waals surface area contributed by atoms with Gasteiger partial charge in [0.1, 0.15) is 0 Å². The van der Waals surface area contributed by atoms with Crippen molar-refractivity contribution < 1.29 is 8.42 Å². The Morgan fingerprint density at radius 1 is 1.22 bits per heavy atom. The van der Waals surface area contributed by atoms with Gasteiger partial charge < -0.3 is 5.73 Å². The molecule has 0 amide bonds. The molecular formula is C13H20N2O2S. The summed E-state index contributed by atoms with van der Waals surface area (Å²) < 4.78 is 24.5. The van der Waals surface area contributed by atoms with Crippen LogP contribution in [-0.4, -0.2) is 18.7 Å². The Bertz CT molecular complexity index is 476. The Hall–Kier alpha value is -0.940. The van der Waals surface area contributed by atoms with Crippen LogP contribution >= 0.6 is 0 Å². The standard InChI is InChI=1S/C13H20N2O2S/c14-8-11-6-7-12(15-9-11)10-18(16,17)13-4-2-1-3-5-13/h6-7,9,13H,1-5,8,10,14H2. The fourth-order valence-electron chi connectivity index (χ4n) is 2.41. The molecule has 1 aromatic rings. The van der Waals surface area contributed by atoms with Gasteiger partial charge in [-0.05, 0) is 24.5 Å². The fourth-order valence-corrected chi connectivity index (χ4v) is 4.28. The molecule has 4 nitrogen and oxygen atoms in total. The Morgan fingerprint density at radius 3 is 2.50 bits per heavy atom. The van der Waals surface area contributed by atoms with E-state index in [1.807, 2.05) is 6.07 Å². The van der Waals surface area contributed by atoms with Gasteiger partial charge in [-0.15, -0.1) is 0 Å². The summed E-state index contributed by atoms with van der Waals surface area (Å²) in [6.45, 7) is 0.433. The van der Waals surface area contributed by atoms with Crippen LogP contribution < -0.4 is 5.73 Å². The predicted octanol–water partition coefficient (Wildman–Crippen LogP) is 1.79. The largest absolute Gasteiger partial charge is 0.326 e. The maximum atomic E-state index is 12.2. The lowest BCUT2D eigenvalue weighted by atomic mass is 10.0. The van der Waals surface area contributed by atoms with Crippen LogP contribution in [0.2, 0.25) is 0 Å². The number of nitrogens with two attached hydrogens (primary N) is 1. The molecule has 0 aliphatic heterocycles. The van der Waals surface area contributed by atoms with Crippen molar-refractivity contribution in [2.75, 3.05) is 0 Å². The molecule has 1 heterocycles. The molecule has 1 aromatic heterocycles. The topological polar surface area (TPSA) is 73.1 Å². The summed E-state index contributed by atoms with van der Waals surface area (Å²) in [5.41, 5.74) is 7.03. The van der Waals surface area contributed by atoms with Crippen LogP contribution in [0.4, 0.5) is 0 Å². The van der Waals surface area contributed by atoms with Crippen molar-refractivity contribution in [3.63, 3.8) is 0 Å². The van der Waals surface area contributed by atoms with Gasteiger partial charge in [-0.25, -0.2) is 8.42 Å². The number of hydrogen-bond acceptors (Lipinski definition) is 4. The van der Waals surface area contributed by atoms with Gasteiger partial charge in [-0.3, -0.25) is 4.98 Å². The van der Waals surface area contributed by atoms with Gasteiger partial charge in [-0.2, -0.15) is 0 Å². The fraction of sp³-hybridized carbons (Fsp3) is 0.615. The first-order valence-electron chi connectivity index (χ1n) is 6.47. The van der Waals surface area contributed by atoms with Gasteiger partial charge in [0.2, 0.25) is 0 Å². The van der Waals surface area contributed by atoms with E-state index in [1.54, 1.807) is 12.3 Å². The number of sulfone groups is 1. The average Bonchev–Trinajstić information content (AvgIpc) is 2.40. The molecule has 5 heteroatoms. The smallest absolute Gasteiger partial charge is 0.158 e. The molecule has 0 aromatic carbocycles. The van der Waals surface area contributed by atoms with Crippen molar-refractivity contribution in [2.24, 2.45) is 5.73 Å². The summed E-state index contributed by atoms with van der Waals surface area (Å²) >= 11 is 0. The summed E-state index contributed by atoms with van der Waals surface area (Å²) in [6.07, 6.45) is 6.50. The SMILES string of the molecule is NCc1ccc(CS(=O)(=O)C2CCCCC2)nc1. The van der Waals surface area contributed by atoms with Crippen molar-refractivity contribution in [3.8, 4) is 0 Å². The van der Waals surface area contributed by atoms with Gasteiger partial charge >= 0.3 is 0 Å². The molecule has 1 fully saturated rings. The van der Waals surface area contributed by atoms with Crippen molar-refractivity contribution >= 4 is 9.84 Å². The molecule has 1 aliphatic rings. The third kappa shape index (κ3) is 3.29. The van der Waals surface area contributed by atoms with Gasteiger partial charge in [0.15, 0.2) is 9.84 Å². The highest BCUT2D eigenvalue weighted by molar-refractivity contribution is 7.91. The first-order chi connectivity index (χ1) is 8.62. The minimum atomic E-state index is -3.05. The number of rotatable bonds is 4. The van der Waals surface area contributed by atoms with Crippen molar-refractivity contribution in [1.29, 1.82) is 0 Å². The first kappa shape index (κ1) is 13.5. The van der Waals surface area contributed by atoms with Crippen LogP contribution in [-0.2, 0) is 22.1 Å². The first-order valence-corrected chi connectivity index (χ1v) is 8.19. The number of hydrogen-bond donors (Lipinski definition) is 1. The van der Waals surface area contributed by atoms with Crippen LogP contribution in [0.5, 0.6) is 0 Å². The molecule has 2 rings (SSSR count). The predicted molar refractivity (Wildman–Crippen MR) is 71.6 cm³/mol. The van der Waals surface area contributed by atoms with Gasteiger partial charge in [0.25, 0.3) is 0 Å². The normalized spacial score (nSPS) is 17.8. The summed E-state index contributed by atoms with van der Waals surface area (Å²) in [5.74, 6) is 0.0581. The van der Waals surface area contributed by atoms with E-state index in [9.17, 15) is 8.42 Å². The summed E-state index contributed by atoms with van der Waals surface area (Å²) in [7, 11) is -3.05. The van der Waals surface area contributed by atoms with Gasteiger partial charge in [0.05, 0.1) is 16.7 Å². The second kappa shape index (κ2) is 5.80. The molecular weight excluding hydrogens is 248 g/mol. The van der Waals surface area contributed by atoms with E-state index >= 15 is 0 Å². The van der Waals surface area contributed by atoms with Crippen molar-refractivity contribution in [1.82, 2.24) is 4.98 Å². The summed E-state index contributed by atoms with van der Waals surface area (Å²) in [6, 6.07) is 3.61. The van der Waals surface area contributed by atoms with Crippen LogP contribution in [0.3, 0.4) is 0 Å². The van der Waals surface area contributed by atoms with E-state index in [4.69, 9.17) is 5.73 Å². The zero-order valence-corrected chi connectivity index (χ0v) is 11.3. The molecule has 0 bridgehead atoms. The molecule has 2 N–H and O–H groups in total. The van der Waals surface area contributed by atoms with Crippen LogP contribution in [0.15, 0.2) is 18.3 Å². The lowest BCUT2D eigenvalue weighted by Crippen LogP contribution is -2.25. The minimum Gasteiger partial charge on any atom is -0.326 e. The van der Waals surface area contributed by atoms with Gasteiger partial charge in [-0.1, -0.05) is 25.3 Å². The quantitative estimate of drug-likeness (QED) is 0.903. The molecule has 0 spiro atoms. The zero-order valence-electron chi connectivity index (χ0n) is 10.5. The lowest BCUT2D eigenvalue weighted by Gasteiger charge is -2.21. The molecule has 1 saturated carbocycles. The van der Waals surface area contributed by atoms with E-state index in [0.29, 0.717) is 12.2 Å². The molecule has 0 radical (unpaired) electrons. The highest BCUT2D eigenvalue weighted by Gasteiger charge is 2.27. The lowest BCUT2D eigenvalue weighted by molar-refractivity contribution is 0.483. The van der Waals surface area contributed by atoms with Gasteiger partial charge in [0, 0.05) is 12.7 Å². The summed E-state index contributed by atoms with van der Waals surface area (Å²) in [5, 5.41) is -0.165. The Kier molecular flexibility index (Phi) is 4.35. The highest BCUT2D eigenvalue weighted by Crippen LogP contribution is 2.25. The monoisotopic (exact) mass is 268 g/mol. The van der Waals surface area contributed by atoms with E-state index in [1.165, 1.54) is 0 Å². The molecule has 1 aliphatic carbocycles. The Morgan fingerprint density at radius 2 is 1.94 bits per heavy atom. The van der Waals surface area contributed by atoms with E-state index in [2.05, 4.69) is 4.98 Å². The van der Waals surface area contributed by atoms with Crippen molar-refractivity contribution in [2.45, 2.75) is 49.7 Å². The van der Waals surface area contributed by atoms with Crippen LogP contribution in [0.25, 0.3) is 0 Å². The van der Waals surface area contributed by atoms with Crippen LogP contribution in [0.1, 0.15) is 43.4 Å². The molecule has 0 saturated heterocycles. The van der Waals surface area contributed by atoms with E-state index in [0.717, 1.165) is 37.7 Å². The third-order valence-electron chi connectivity index (χ3n) is 3.53. The van der Waals surface area contributed by atoms with Crippen LogP contribution in [0, 0.1) is 0 Å². The third-order valence-corrected chi connectivity index (χ3v) is 5.72. The highest BCUT2D eigenvalue weighted by atomic mass is 32.2. The number of pyridine rings is 1. The average molecular weight is 268 g/mol. The molecule has 0 atom stereocenters. The maximum Gasteiger partial charge on any atom is 0.158 e. The second-order valence-corrected chi connectivity index (χ2v) is 7.21. The minimum absolute atomic E-state index is 0.0581. The maximum absolute atomic E-state index is 12.2. The molecule has 100 valence electrons. The Balaban J connectivity index is 2.06. The second-order valence-electron chi connectivity index (χ2n) is 4.93. The summed E-state index contributed by atoms with van der Waals surface area (Å²) in [4.78, 5) is 4.17. The Labute approximate surface area is 109 Å². The number of aromatic nitrogens is 1. The van der Waals surface area contributed by atoms with Crippen molar-refractivity contribution in [3.05, 3.63) is 29.6 Å². The molecule has 18 heavy (non-hydrogen) atoms. The molecule has 0 unspecified atom stereocenters. The number of nitrogens with zero attached hydrogens (tertiary/aromatic N) is 1. The zero-order chi connectivity index (χ0) is 13.0. The van der Waals surface area contributed by atoms with E-state index in [-0.39, 0.29) is 11.0 Å².